The fourth-order valence-corrected chi connectivity index (χ4v) is 3.87. The van der Waals surface area contributed by atoms with Crippen LogP contribution in [0.2, 0.25) is 5.02 Å². The molecule has 1 aliphatic rings. The first-order valence-corrected chi connectivity index (χ1v) is 11.7. The van der Waals surface area contributed by atoms with Crippen molar-refractivity contribution in [1.82, 2.24) is 4.90 Å². The van der Waals surface area contributed by atoms with E-state index in [0.717, 1.165) is 62.9 Å². The first-order chi connectivity index (χ1) is 15.1. The van der Waals surface area contributed by atoms with Crippen LogP contribution in [0.4, 0.5) is 5.69 Å². The van der Waals surface area contributed by atoms with Crippen LogP contribution in [0.15, 0.2) is 65.3 Å². The van der Waals surface area contributed by atoms with Crippen molar-refractivity contribution in [2.45, 2.75) is 52.4 Å². The van der Waals surface area contributed by atoms with Gasteiger partial charge in [0.05, 0.1) is 5.69 Å². The van der Waals surface area contributed by atoms with E-state index in [1.165, 1.54) is 0 Å². The Labute approximate surface area is 191 Å². The molecule has 0 aromatic heterocycles. The number of amides is 1. The molecular formula is C26H32ClN3O. The van der Waals surface area contributed by atoms with Gasteiger partial charge in [-0.3, -0.25) is 4.79 Å². The largest absolute Gasteiger partial charge is 0.342 e. The summed E-state index contributed by atoms with van der Waals surface area (Å²) < 4.78 is 0. The lowest BCUT2D eigenvalue weighted by Crippen LogP contribution is -2.45. The molecule has 3 rings (SSSR count). The van der Waals surface area contributed by atoms with Crippen LogP contribution >= 0.6 is 11.6 Å². The van der Waals surface area contributed by atoms with Gasteiger partial charge in [0.15, 0.2) is 0 Å². The smallest absolute Gasteiger partial charge is 0.283 e. The van der Waals surface area contributed by atoms with Crippen LogP contribution in [0.1, 0.15) is 57.9 Å². The topological polar surface area (TPSA) is 35.9 Å². The van der Waals surface area contributed by atoms with E-state index in [2.05, 4.69) is 18.7 Å². The number of rotatable bonds is 10. The minimum atomic E-state index is -0.114. The van der Waals surface area contributed by atoms with Crippen LogP contribution in [0, 0.1) is 0 Å². The monoisotopic (exact) mass is 437 g/mol. The lowest BCUT2D eigenvalue weighted by atomic mass is 10.2. The average molecular weight is 438 g/mol. The molecule has 4 nitrogen and oxygen atoms in total. The van der Waals surface area contributed by atoms with Gasteiger partial charge in [0.25, 0.3) is 5.91 Å². The van der Waals surface area contributed by atoms with Gasteiger partial charge < -0.3 is 4.90 Å². The minimum absolute atomic E-state index is 0.114. The molecule has 0 N–H and O–H groups in total. The Kier molecular flexibility index (Phi) is 8.72. The maximum absolute atomic E-state index is 13.5. The van der Waals surface area contributed by atoms with Gasteiger partial charge >= 0.3 is 0 Å². The number of hydrogen-bond donors (Lipinski definition) is 0. The molecule has 0 unspecified atom stereocenters. The summed E-state index contributed by atoms with van der Waals surface area (Å²) >= 11 is 6.26. The second kappa shape index (κ2) is 11.7. The van der Waals surface area contributed by atoms with E-state index in [1.807, 2.05) is 60.7 Å². The third-order valence-corrected chi connectivity index (χ3v) is 5.59. The molecule has 0 aliphatic carbocycles. The molecule has 0 radical (unpaired) electrons. The SMILES string of the molecule is CCCCCN(CCCCC)C1=N/C(=C/c2ccccc2)C(=O)N1c1cccc(Cl)c1. The maximum atomic E-state index is 13.5. The molecule has 0 spiro atoms. The number of carbonyl (C=O) groups is 1. The molecular weight excluding hydrogens is 406 g/mol. The van der Waals surface area contributed by atoms with E-state index in [1.54, 1.807) is 4.90 Å². The Morgan fingerprint density at radius 2 is 1.61 bits per heavy atom. The third-order valence-electron chi connectivity index (χ3n) is 5.36. The van der Waals surface area contributed by atoms with Gasteiger partial charge in [-0.25, -0.2) is 9.89 Å². The number of guanidine groups is 1. The Bertz CT molecular complexity index is 913. The van der Waals surface area contributed by atoms with Gasteiger partial charge in [-0.05, 0) is 42.7 Å². The zero-order valence-corrected chi connectivity index (χ0v) is 19.3. The molecule has 1 heterocycles. The van der Waals surface area contributed by atoms with Gasteiger partial charge in [-0.1, -0.05) is 87.5 Å². The highest BCUT2D eigenvalue weighted by Gasteiger charge is 2.34. The predicted molar refractivity (Wildman–Crippen MR) is 131 cm³/mol. The summed E-state index contributed by atoms with van der Waals surface area (Å²) in [6.45, 7) is 6.19. The van der Waals surface area contributed by atoms with Crippen LogP contribution in [-0.2, 0) is 4.79 Å². The van der Waals surface area contributed by atoms with Crippen LogP contribution in [0.3, 0.4) is 0 Å². The number of hydrogen-bond acceptors (Lipinski definition) is 3. The fraction of sp³-hybridized carbons (Fsp3) is 0.385. The summed E-state index contributed by atoms with van der Waals surface area (Å²) in [5.41, 5.74) is 2.17. The molecule has 2 aromatic rings. The first-order valence-electron chi connectivity index (χ1n) is 11.3. The molecule has 2 aromatic carbocycles. The molecule has 0 bridgehead atoms. The van der Waals surface area contributed by atoms with Crippen molar-refractivity contribution in [3.05, 3.63) is 70.9 Å². The number of nitrogens with zero attached hydrogens (tertiary/aromatic N) is 3. The second-order valence-corrected chi connectivity index (χ2v) is 8.31. The van der Waals surface area contributed by atoms with Crippen molar-refractivity contribution < 1.29 is 4.79 Å². The maximum Gasteiger partial charge on any atom is 0.283 e. The summed E-state index contributed by atoms with van der Waals surface area (Å²) in [6.07, 6.45) is 8.67. The molecule has 164 valence electrons. The summed E-state index contributed by atoms with van der Waals surface area (Å²) in [4.78, 5) is 22.3. The highest BCUT2D eigenvalue weighted by Crippen LogP contribution is 2.28. The number of benzene rings is 2. The first kappa shape index (κ1) is 23.1. The molecule has 5 heteroatoms. The van der Waals surface area contributed by atoms with Crippen molar-refractivity contribution in [2.75, 3.05) is 18.0 Å². The predicted octanol–water partition coefficient (Wildman–Crippen LogP) is 6.77. The van der Waals surface area contributed by atoms with Gasteiger partial charge in [-0.2, -0.15) is 0 Å². The van der Waals surface area contributed by atoms with E-state index in [-0.39, 0.29) is 5.91 Å². The minimum Gasteiger partial charge on any atom is -0.342 e. The van der Waals surface area contributed by atoms with Gasteiger partial charge in [-0.15, -0.1) is 0 Å². The average Bonchev–Trinajstić information content (AvgIpc) is 3.09. The van der Waals surface area contributed by atoms with Crippen LogP contribution < -0.4 is 4.90 Å². The van der Waals surface area contributed by atoms with Gasteiger partial charge in [0.2, 0.25) is 5.96 Å². The Morgan fingerprint density at radius 1 is 0.935 bits per heavy atom. The Morgan fingerprint density at radius 3 is 2.23 bits per heavy atom. The zero-order valence-electron chi connectivity index (χ0n) is 18.6. The highest BCUT2D eigenvalue weighted by atomic mass is 35.5. The number of anilines is 1. The van der Waals surface area contributed by atoms with Gasteiger partial charge in [0.1, 0.15) is 5.70 Å². The molecule has 0 atom stereocenters. The molecule has 1 aliphatic heterocycles. The second-order valence-electron chi connectivity index (χ2n) is 7.87. The molecule has 0 saturated heterocycles. The summed E-state index contributed by atoms with van der Waals surface area (Å²) in [5, 5.41) is 0.605. The zero-order chi connectivity index (χ0) is 22.1. The van der Waals surface area contributed by atoms with Crippen LogP contribution in [0.5, 0.6) is 0 Å². The van der Waals surface area contributed by atoms with E-state index in [9.17, 15) is 4.79 Å². The van der Waals surface area contributed by atoms with Gasteiger partial charge in [0, 0.05) is 18.1 Å². The third kappa shape index (κ3) is 6.20. The normalized spacial score (nSPS) is 14.9. The Balaban J connectivity index is 1.99. The van der Waals surface area contributed by atoms with Crippen molar-refractivity contribution in [2.24, 2.45) is 4.99 Å². The Hall–Kier alpha value is -2.59. The standard InChI is InChI=1S/C26H32ClN3O/c1-3-5-10-17-29(18-11-6-4-2)26-28-24(19-21-13-8-7-9-14-21)25(31)30(26)23-16-12-15-22(27)20-23/h7-9,12-16,19-20H,3-6,10-11,17-18H2,1-2H3/b24-19+. The summed E-state index contributed by atoms with van der Waals surface area (Å²) in [6, 6.07) is 17.3. The van der Waals surface area contributed by atoms with E-state index in [4.69, 9.17) is 16.6 Å². The lowest BCUT2D eigenvalue weighted by Gasteiger charge is -2.30. The molecule has 0 saturated carbocycles. The van der Waals surface area contributed by atoms with Crippen molar-refractivity contribution in [3.63, 3.8) is 0 Å². The molecule has 1 amide bonds. The summed E-state index contributed by atoms with van der Waals surface area (Å²) in [7, 11) is 0. The number of halogens is 1. The van der Waals surface area contributed by atoms with Crippen LogP contribution in [-0.4, -0.2) is 29.9 Å². The van der Waals surface area contributed by atoms with E-state index < -0.39 is 0 Å². The fourth-order valence-electron chi connectivity index (χ4n) is 3.69. The van der Waals surface area contributed by atoms with E-state index in [0.29, 0.717) is 16.7 Å². The van der Waals surface area contributed by atoms with Crippen molar-refractivity contribution in [1.29, 1.82) is 0 Å². The number of aliphatic imine (C=N–C) groups is 1. The van der Waals surface area contributed by atoms with E-state index >= 15 is 0 Å². The molecule has 0 fully saturated rings. The quantitative estimate of drug-likeness (QED) is 0.304. The number of unbranched alkanes of at least 4 members (excludes halogenated alkanes) is 4. The number of carbonyl (C=O) groups excluding carboxylic acids is 1. The van der Waals surface area contributed by atoms with Crippen molar-refractivity contribution in [3.8, 4) is 0 Å². The lowest BCUT2D eigenvalue weighted by molar-refractivity contribution is -0.113. The van der Waals surface area contributed by atoms with Crippen molar-refractivity contribution >= 4 is 35.2 Å². The summed E-state index contributed by atoms with van der Waals surface area (Å²) in [5.74, 6) is 0.596. The molecule has 31 heavy (non-hydrogen) atoms. The van der Waals surface area contributed by atoms with Crippen LogP contribution in [0.25, 0.3) is 6.08 Å². The highest BCUT2D eigenvalue weighted by molar-refractivity contribution is 6.32.